The van der Waals surface area contributed by atoms with E-state index in [1.54, 1.807) is 17.0 Å². The Labute approximate surface area is 179 Å². The van der Waals surface area contributed by atoms with Gasteiger partial charge >= 0.3 is 6.09 Å². The molecule has 2 aromatic heterocycles. The summed E-state index contributed by atoms with van der Waals surface area (Å²) in [4.78, 5) is 35.1. The van der Waals surface area contributed by atoms with E-state index < -0.39 is 6.09 Å². The molecule has 0 saturated carbocycles. The summed E-state index contributed by atoms with van der Waals surface area (Å²) in [7, 11) is 0. The van der Waals surface area contributed by atoms with Gasteiger partial charge in [0, 0.05) is 37.6 Å². The summed E-state index contributed by atoms with van der Waals surface area (Å²) < 4.78 is 0.494. The molecule has 2 amide bonds. The number of hydrogen-bond acceptors (Lipinski definition) is 4. The van der Waals surface area contributed by atoms with Crippen LogP contribution in [0.4, 0.5) is 10.5 Å². The van der Waals surface area contributed by atoms with Crippen molar-refractivity contribution in [3.05, 3.63) is 62.6 Å². The third kappa shape index (κ3) is 4.63. The van der Waals surface area contributed by atoms with Crippen LogP contribution in [0.25, 0.3) is 0 Å². The van der Waals surface area contributed by atoms with E-state index in [9.17, 15) is 9.59 Å². The lowest BCUT2D eigenvalue weighted by Crippen LogP contribution is -2.38. The van der Waals surface area contributed by atoms with Gasteiger partial charge in [0.1, 0.15) is 10.3 Å². The minimum absolute atomic E-state index is 0.214. The molecule has 1 N–H and O–H groups in total. The van der Waals surface area contributed by atoms with Gasteiger partial charge in [-0.2, -0.15) is 0 Å². The Morgan fingerprint density at radius 2 is 2.00 bits per heavy atom. The number of nitrogens with zero attached hydrogens (tertiary/aromatic N) is 4. The van der Waals surface area contributed by atoms with E-state index in [-0.39, 0.29) is 29.3 Å². The number of carbonyl (C=O) groups excluding carboxylic acids is 1. The number of anilines is 1. The Balaban J connectivity index is 1.94. The Morgan fingerprint density at radius 3 is 2.64 bits per heavy atom. The first-order valence-electron chi connectivity index (χ1n) is 8.26. The van der Waals surface area contributed by atoms with E-state index in [1.165, 1.54) is 23.4 Å². The van der Waals surface area contributed by atoms with Crippen molar-refractivity contribution in [1.82, 2.24) is 14.9 Å². The molecular weight excluding hydrogens is 471 g/mol. The summed E-state index contributed by atoms with van der Waals surface area (Å²) in [5.74, 6) is -0.283. The molecule has 1 aliphatic rings. The summed E-state index contributed by atoms with van der Waals surface area (Å²) >= 11 is 15.5. The number of carboxylic acid groups (broad SMARTS) is 1. The van der Waals surface area contributed by atoms with Gasteiger partial charge in [-0.3, -0.25) is 4.79 Å². The zero-order chi connectivity index (χ0) is 20.3. The van der Waals surface area contributed by atoms with Crippen molar-refractivity contribution in [1.29, 1.82) is 0 Å². The van der Waals surface area contributed by atoms with Crippen LogP contribution in [-0.2, 0) is 0 Å². The average Bonchev–Trinajstić information content (AvgIpc) is 2.68. The fourth-order valence-corrected chi connectivity index (χ4v) is 3.58. The van der Waals surface area contributed by atoms with Gasteiger partial charge in [0.05, 0.1) is 10.2 Å². The molecule has 0 bridgehead atoms. The summed E-state index contributed by atoms with van der Waals surface area (Å²) in [5, 5.41) is 9.55. The predicted molar refractivity (Wildman–Crippen MR) is 110 cm³/mol. The number of aromatic nitrogens is 2. The van der Waals surface area contributed by atoms with Crippen LogP contribution < -0.4 is 4.90 Å². The average molecular weight is 486 g/mol. The highest BCUT2D eigenvalue weighted by Crippen LogP contribution is 2.33. The van der Waals surface area contributed by atoms with Crippen LogP contribution in [0.2, 0.25) is 10.3 Å². The van der Waals surface area contributed by atoms with Crippen LogP contribution in [-0.4, -0.2) is 51.6 Å². The second kappa shape index (κ2) is 8.89. The zero-order valence-electron chi connectivity index (χ0n) is 14.5. The van der Waals surface area contributed by atoms with Crippen LogP contribution in [0.3, 0.4) is 0 Å². The topological polar surface area (TPSA) is 86.6 Å². The van der Waals surface area contributed by atoms with Crippen molar-refractivity contribution in [2.45, 2.75) is 6.42 Å². The van der Waals surface area contributed by atoms with E-state index >= 15 is 0 Å². The van der Waals surface area contributed by atoms with Gasteiger partial charge in [-0.15, -0.1) is 0 Å². The molecule has 0 radical (unpaired) electrons. The van der Waals surface area contributed by atoms with E-state index in [4.69, 9.17) is 28.3 Å². The molecule has 0 aliphatic carbocycles. The highest BCUT2D eigenvalue weighted by Gasteiger charge is 2.24. The molecule has 3 heterocycles. The predicted octanol–water partition coefficient (Wildman–Crippen LogP) is 4.50. The second-order valence-electron chi connectivity index (χ2n) is 6.03. The highest BCUT2D eigenvalue weighted by atomic mass is 79.9. The number of halogens is 3. The minimum Gasteiger partial charge on any atom is -0.465 e. The maximum atomic E-state index is 13.2. The molecule has 10 heteroatoms. The number of hydrogen-bond donors (Lipinski definition) is 1. The monoisotopic (exact) mass is 484 g/mol. The van der Waals surface area contributed by atoms with Crippen molar-refractivity contribution in [2.75, 3.05) is 24.5 Å². The van der Waals surface area contributed by atoms with Crippen LogP contribution in [0.5, 0.6) is 0 Å². The Kier molecular flexibility index (Phi) is 6.53. The number of pyridine rings is 2. The van der Waals surface area contributed by atoms with Crippen molar-refractivity contribution < 1.29 is 14.7 Å². The molecule has 0 fully saturated rings. The first-order chi connectivity index (χ1) is 13.4. The lowest BCUT2D eigenvalue weighted by Gasteiger charge is -2.29. The lowest BCUT2D eigenvalue weighted by molar-refractivity contribution is 0.0987. The Bertz CT molecular complexity index is 954. The largest absolute Gasteiger partial charge is 0.465 e. The van der Waals surface area contributed by atoms with Crippen LogP contribution >= 0.6 is 39.1 Å². The maximum absolute atomic E-state index is 13.2. The van der Waals surface area contributed by atoms with E-state index in [0.717, 1.165) is 5.57 Å². The summed E-state index contributed by atoms with van der Waals surface area (Å²) in [6.45, 7) is 0.944. The van der Waals surface area contributed by atoms with Crippen LogP contribution in [0.1, 0.15) is 16.8 Å². The molecule has 3 rings (SSSR count). The van der Waals surface area contributed by atoms with Crippen molar-refractivity contribution in [3.8, 4) is 0 Å². The third-order valence-corrected chi connectivity index (χ3v) is 5.77. The third-order valence-electron chi connectivity index (χ3n) is 4.27. The summed E-state index contributed by atoms with van der Waals surface area (Å²) in [6, 6.07) is 4.76. The van der Waals surface area contributed by atoms with E-state index in [2.05, 4.69) is 25.9 Å². The number of carbonyl (C=O) groups is 2. The normalized spacial score (nSPS) is 13.8. The smallest absolute Gasteiger partial charge is 0.407 e. The molecule has 0 aromatic carbocycles. The van der Waals surface area contributed by atoms with Crippen LogP contribution in [0, 0.1) is 0 Å². The van der Waals surface area contributed by atoms with E-state index in [1.807, 2.05) is 6.08 Å². The van der Waals surface area contributed by atoms with Gasteiger partial charge < -0.3 is 14.9 Å². The summed E-state index contributed by atoms with van der Waals surface area (Å²) in [5.41, 5.74) is 1.88. The quantitative estimate of drug-likeness (QED) is 0.508. The Hall–Kier alpha value is -2.16. The number of amides is 2. The van der Waals surface area contributed by atoms with Gasteiger partial charge in [0.25, 0.3) is 5.91 Å². The molecule has 0 atom stereocenters. The van der Waals surface area contributed by atoms with E-state index in [0.29, 0.717) is 28.7 Å². The zero-order valence-corrected chi connectivity index (χ0v) is 17.6. The molecule has 28 heavy (non-hydrogen) atoms. The fourth-order valence-electron chi connectivity index (χ4n) is 2.81. The highest BCUT2D eigenvalue weighted by molar-refractivity contribution is 9.10. The second-order valence-corrected chi connectivity index (χ2v) is 7.57. The van der Waals surface area contributed by atoms with Crippen molar-refractivity contribution >= 4 is 56.8 Å². The molecule has 0 spiro atoms. The molecule has 7 nitrogen and oxygen atoms in total. The molecule has 0 saturated heterocycles. The molecule has 1 aliphatic heterocycles. The van der Waals surface area contributed by atoms with Gasteiger partial charge in [0.2, 0.25) is 0 Å². The van der Waals surface area contributed by atoms with Crippen molar-refractivity contribution in [3.63, 3.8) is 0 Å². The summed E-state index contributed by atoms with van der Waals surface area (Å²) in [6.07, 6.45) is 4.38. The molecule has 0 unspecified atom stereocenters. The number of rotatable bonds is 4. The minimum atomic E-state index is -0.960. The molecule has 146 valence electrons. The standard InChI is InChI=1S/C18H15BrCl2N4O3/c19-15-13(2-6-23-16(15)21)25(17(26)12-1-5-22-14(20)9-12)10-11-3-7-24(8-4-11)18(27)28/h1-3,5-6,9H,4,7-8,10H2,(H,27,28). The first kappa shape index (κ1) is 20.6. The van der Waals surface area contributed by atoms with Gasteiger partial charge in [-0.1, -0.05) is 34.9 Å². The van der Waals surface area contributed by atoms with Crippen molar-refractivity contribution in [2.24, 2.45) is 0 Å². The van der Waals surface area contributed by atoms with Gasteiger partial charge in [-0.25, -0.2) is 14.8 Å². The maximum Gasteiger partial charge on any atom is 0.407 e. The van der Waals surface area contributed by atoms with Gasteiger partial charge in [-0.05, 0) is 40.5 Å². The van der Waals surface area contributed by atoms with Crippen LogP contribution in [0.15, 0.2) is 46.7 Å². The fraction of sp³-hybridized carbons (Fsp3) is 0.222. The SMILES string of the molecule is O=C(O)N1CC=C(CN(C(=O)c2ccnc(Cl)c2)c2ccnc(Cl)c2Br)CC1. The first-order valence-corrected chi connectivity index (χ1v) is 9.81. The van der Waals surface area contributed by atoms with Gasteiger partial charge in [0.15, 0.2) is 0 Å². The lowest BCUT2D eigenvalue weighted by atomic mass is 10.1. The molecule has 2 aromatic rings. The Morgan fingerprint density at radius 1 is 1.25 bits per heavy atom. The molecular formula is C18H15BrCl2N4O3.